The third-order valence-corrected chi connectivity index (χ3v) is 4.90. The fourth-order valence-corrected chi connectivity index (χ4v) is 3.35. The van der Waals surface area contributed by atoms with Crippen molar-refractivity contribution in [1.29, 1.82) is 0 Å². The first-order chi connectivity index (χ1) is 10.9. The Morgan fingerprint density at radius 3 is 2.42 bits per heavy atom. The highest BCUT2D eigenvalue weighted by Gasteiger charge is 2.32. The number of hydrogen-bond acceptors (Lipinski definition) is 3. The number of esters is 1. The van der Waals surface area contributed by atoms with E-state index in [1.54, 1.807) is 0 Å². The molecule has 1 unspecified atom stereocenters. The van der Waals surface area contributed by atoms with Crippen molar-refractivity contribution in [3.8, 4) is 0 Å². The molecule has 0 saturated heterocycles. The second-order valence-corrected chi connectivity index (χ2v) is 7.49. The van der Waals surface area contributed by atoms with E-state index in [9.17, 15) is 9.90 Å². The molecule has 0 bridgehead atoms. The van der Waals surface area contributed by atoms with E-state index in [1.165, 1.54) is 12.8 Å². The number of rotatable bonds is 5. The quantitative estimate of drug-likeness (QED) is 0.420. The van der Waals surface area contributed by atoms with Gasteiger partial charge in [0.2, 0.25) is 0 Å². The number of aliphatic hydroxyl groups excluding tert-OH is 1. The second-order valence-electron chi connectivity index (χ2n) is 7.49. The van der Waals surface area contributed by atoms with Crippen LogP contribution in [0.5, 0.6) is 0 Å². The van der Waals surface area contributed by atoms with Gasteiger partial charge in [-0.25, -0.2) is 0 Å². The highest BCUT2D eigenvalue weighted by molar-refractivity contribution is 5.78. The summed E-state index contributed by atoms with van der Waals surface area (Å²) in [5.41, 5.74) is 0.816. The van der Waals surface area contributed by atoms with E-state index in [1.807, 2.05) is 30.3 Å². The van der Waals surface area contributed by atoms with Crippen molar-refractivity contribution in [2.24, 2.45) is 0 Å². The predicted molar refractivity (Wildman–Crippen MR) is 91.1 cm³/mol. The van der Waals surface area contributed by atoms with Crippen molar-refractivity contribution in [2.75, 3.05) is 27.7 Å². The maximum Gasteiger partial charge on any atom is 0.316 e. The number of carbonyl (C=O) groups excluding carboxylic acids is 1. The Hall–Kier alpha value is -0.910. The Morgan fingerprint density at radius 1 is 1.21 bits per heavy atom. The van der Waals surface area contributed by atoms with Gasteiger partial charge in [-0.15, -0.1) is 0 Å². The van der Waals surface area contributed by atoms with Crippen LogP contribution in [0.3, 0.4) is 0 Å². The van der Waals surface area contributed by atoms with Crippen LogP contribution in [0.4, 0.5) is 0 Å². The van der Waals surface area contributed by atoms with Crippen LogP contribution >= 0.6 is 0 Å². The van der Waals surface area contributed by atoms with Gasteiger partial charge in [-0.2, -0.15) is 0 Å². The molecule has 0 amide bonds. The Balaban J connectivity index is 0.00000288. The lowest BCUT2D eigenvalue weighted by atomic mass is 10.00. The summed E-state index contributed by atoms with van der Waals surface area (Å²) >= 11 is 0. The molecule has 5 heteroatoms. The van der Waals surface area contributed by atoms with Crippen LogP contribution in [0.25, 0.3) is 0 Å². The predicted octanol–water partition coefficient (Wildman–Crippen LogP) is -0.283. The molecule has 1 saturated carbocycles. The van der Waals surface area contributed by atoms with Crippen LogP contribution in [0.1, 0.15) is 43.6 Å². The number of hydrogen-bond donors (Lipinski definition) is 1. The Bertz CT molecular complexity index is 501. The maximum atomic E-state index is 12.5. The second kappa shape index (κ2) is 9.54. The average Bonchev–Trinajstić information content (AvgIpc) is 2.74. The molecular formula is C19H30BrNO3. The van der Waals surface area contributed by atoms with Crippen molar-refractivity contribution in [2.45, 2.75) is 50.2 Å². The van der Waals surface area contributed by atoms with Crippen LogP contribution in [-0.4, -0.2) is 55.5 Å². The number of carbonyl (C=O) groups is 1. The van der Waals surface area contributed by atoms with E-state index < -0.39 is 5.92 Å². The molecule has 1 aromatic rings. The van der Waals surface area contributed by atoms with E-state index in [-0.39, 0.29) is 35.7 Å². The molecule has 2 rings (SSSR count). The van der Waals surface area contributed by atoms with E-state index >= 15 is 0 Å². The highest BCUT2D eigenvalue weighted by Crippen LogP contribution is 2.27. The largest absolute Gasteiger partial charge is 1.00 e. The molecule has 3 atom stereocenters. The van der Waals surface area contributed by atoms with Gasteiger partial charge >= 0.3 is 5.97 Å². The van der Waals surface area contributed by atoms with Gasteiger partial charge in [0, 0.05) is 6.42 Å². The molecule has 1 N–H and O–H groups in total. The summed E-state index contributed by atoms with van der Waals surface area (Å²) in [6.45, 7) is -0.214. The van der Waals surface area contributed by atoms with Crippen LogP contribution in [0, 0.1) is 0 Å². The number of ether oxygens (including phenoxy) is 1. The Kier molecular flexibility index (Phi) is 8.40. The smallest absolute Gasteiger partial charge is 0.316 e. The zero-order valence-electron chi connectivity index (χ0n) is 15.0. The zero-order chi connectivity index (χ0) is 16.9. The minimum atomic E-state index is -0.581. The van der Waals surface area contributed by atoms with Crippen LogP contribution in [0.15, 0.2) is 30.3 Å². The molecule has 0 heterocycles. The summed E-state index contributed by atoms with van der Waals surface area (Å²) in [4.78, 5) is 12.5. The molecule has 0 aromatic heterocycles. The maximum absolute atomic E-state index is 12.5. The molecule has 4 nitrogen and oxygen atoms in total. The van der Waals surface area contributed by atoms with Crippen molar-refractivity contribution in [1.82, 2.24) is 0 Å². The van der Waals surface area contributed by atoms with E-state index in [2.05, 4.69) is 21.1 Å². The van der Waals surface area contributed by atoms with Gasteiger partial charge in [0.15, 0.2) is 0 Å². The minimum absolute atomic E-state index is 0. The summed E-state index contributed by atoms with van der Waals surface area (Å²) in [6, 6.07) is 9.91. The molecular weight excluding hydrogens is 370 g/mol. The van der Waals surface area contributed by atoms with Gasteiger partial charge in [-0.1, -0.05) is 30.3 Å². The number of nitrogens with zero attached hydrogens (tertiary/aromatic N) is 1. The summed E-state index contributed by atoms with van der Waals surface area (Å²) < 4.78 is 6.69. The molecule has 1 aromatic carbocycles. The number of halogens is 1. The molecule has 1 aliphatic rings. The third-order valence-electron chi connectivity index (χ3n) is 4.90. The van der Waals surface area contributed by atoms with Crippen molar-refractivity contribution < 1.29 is 36.1 Å². The van der Waals surface area contributed by atoms with Gasteiger partial charge in [0.1, 0.15) is 12.0 Å². The normalized spacial score (nSPS) is 22.8. The Labute approximate surface area is 156 Å². The first-order valence-electron chi connectivity index (χ1n) is 8.59. The lowest BCUT2D eigenvalue weighted by Gasteiger charge is -2.35. The lowest BCUT2D eigenvalue weighted by Crippen LogP contribution is -3.00. The van der Waals surface area contributed by atoms with E-state index in [4.69, 9.17) is 4.74 Å². The summed E-state index contributed by atoms with van der Waals surface area (Å²) in [5.74, 6) is -0.882. The Morgan fingerprint density at radius 2 is 1.83 bits per heavy atom. The van der Waals surface area contributed by atoms with Gasteiger partial charge < -0.3 is 31.3 Å². The van der Waals surface area contributed by atoms with E-state index in [0.29, 0.717) is 6.04 Å². The number of quaternary nitrogens is 1. The zero-order valence-corrected chi connectivity index (χ0v) is 16.5. The summed E-state index contributed by atoms with van der Waals surface area (Å²) in [5, 5.41) is 9.61. The molecule has 0 radical (unpaired) electrons. The molecule has 0 aliphatic heterocycles. The summed E-state index contributed by atoms with van der Waals surface area (Å²) in [6.07, 6.45) is 5.27. The monoisotopic (exact) mass is 399 g/mol. The van der Waals surface area contributed by atoms with Crippen LogP contribution < -0.4 is 17.0 Å². The molecule has 1 fully saturated rings. The van der Waals surface area contributed by atoms with Crippen LogP contribution in [-0.2, 0) is 9.53 Å². The number of aliphatic hydroxyl groups is 1. The topological polar surface area (TPSA) is 46.5 Å². The SMILES string of the molecule is C[N+](C)(C)[C@@H]1CCCC[C@@H](OC(=O)C(CO)c2ccccc2)C1.[Br-]. The molecule has 24 heavy (non-hydrogen) atoms. The van der Waals surface area contributed by atoms with E-state index in [0.717, 1.165) is 29.3 Å². The number of benzene rings is 1. The van der Waals surface area contributed by atoms with Crippen molar-refractivity contribution >= 4 is 5.97 Å². The van der Waals surface area contributed by atoms with Crippen LogP contribution in [0.2, 0.25) is 0 Å². The first-order valence-corrected chi connectivity index (χ1v) is 8.59. The average molecular weight is 400 g/mol. The third kappa shape index (κ3) is 5.87. The molecule has 1 aliphatic carbocycles. The van der Waals surface area contributed by atoms with Crippen molar-refractivity contribution in [3.05, 3.63) is 35.9 Å². The minimum Gasteiger partial charge on any atom is -1.00 e. The van der Waals surface area contributed by atoms with Gasteiger partial charge in [-0.3, -0.25) is 4.79 Å². The van der Waals surface area contributed by atoms with Gasteiger partial charge in [0.05, 0.1) is 33.8 Å². The fourth-order valence-electron chi connectivity index (χ4n) is 3.35. The lowest BCUT2D eigenvalue weighted by molar-refractivity contribution is -0.897. The standard InChI is InChI=1S/C19H30NO3.BrH/c1-20(2,3)16-11-7-8-12-17(13-16)23-19(22)18(14-21)15-9-5-4-6-10-15;/h4-6,9-10,16-18,21H,7-8,11-14H2,1-3H3;1H/q+1;/p-1/t16-,17-,18?;/m1./s1. The molecule has 0 spiro atoms. The van der Waals surface area contributed by atoms with Gasteiger partial charge in [0.25, 0.3) is 0 Å². The molecule has 136 valence electrons. The van der Waals surface area contributed by atoms with Gasteiger partial charge in [-0.05, 0) is 31.2 Å². The first kappa shape index (κ1) is 21.1. The fraction of sp³-hybridized carbons (Fsp3) is 0.632. The highest BCUT2D eigenvalue weighted by atomic mass is 79.9. The van der Waals surface area contributed by atoms with Crippen molar-refractivity contribution in [3.63, 3.8) is 0 Å². The summed E-state index contributed by atoms with van der Waals surface area (Å²) in [7, 11) is 6.61.